The van der Waals surface area contributed by atoms with E-state index in [4.69, 9.17) is 5.73 Å². The number of aromatic nitrogens is 1. The number of hydrogen-bond donors (Lipinski definition) is 3. The molecule has 0 bridgehead atoms. The van der Waals surface area contributed by atoms with Gasteiger partial charge in [0.05, 0.1) is 17.6 Å². The molecule has 1 amide bonds. The van der Waals surface area contributed by atoms with Gasteiger partial charge in [-0.05, 0) is 43.0 Å². The van der Waals surface area contributed by atoms with Crippen LogP contribution < -0.4 is 21.3 Å². The summed E-state index contributed by atoms with van der Waals surface area (Å²) in [5, 5.41) is 7.08. The lowest BCUT2D eigenvalue weighted by Gasteiger charge is -2.26. The lowest BCUT2D eigenvalue weighted by Crippen LogP contribution is -2.43. The number of carbonyl (C=O) groups is 1. The van der Waals surface area contributed by atoms with Crippen molar-refractivity contribution in [2.45, 2.75) is 6.92 Å². The van der Waals surface area contributed by atoms with Crippen molar-refractivity contribution in [1.29, 1.82) is 0 Å². The van der Waals surface area contributed by atoms with E-state index in [0.717, 1.165) is 42.4 Å². The molecule has 0 spiro atoms. The molecule has 1 aliphatic rings. The summed E-state index contributed by atoms with van der Waals surface area (Å²) in [6.45, 7) is 9.02. The Hall–Kier alpha value is -2.97. The molecule has 1 fully saturated rings. The number of nitrogens with one attached hydrogen (secondary N) is 2. The average molecular weight is 397 g/mol. The standard InChI is InChI=1S/C20H24N6OS/c1-3-14(6-7-22-2)15-4-5-16(21)17(12-15)25-19(27)18-13-24-20(28-18)26-10-8-23-9-11-26/h3-7,12-13,23H,2,8-11,21H2,1H3,(H,25,27)/b7-6-,14-3+. The lowest BCUT2D eigenvalue weighted by atomic mass is 10.0. The van der Waals surface area contributed by atoms with Gasteiger partial charge in [0.2, 0.25) is 0 Å². The van der Waals surface area contributed by atoms with Crippen molar-refractivity contribution in [2.75, 3.05) is 42.1 Å². The summed E-state index contributed by atoms with van der Waals surface area (Å²) < 4.78 is 0. The fourth-order valence-corrected chi connectivity index (χ4v) is 3.76. The maximum atomic E-state index is 12.7. The van der Waals surface area contributed by atoms with Crippen LogP contribution >= 0.6 is 11.3 Å². The number of thiazole rings is 1. The van der Waals surface area contributed by atoms with Crippen LogP contribution in [0.5, 0.6) is 0 Å². The Labute approximate surface area is 168 Å². The van der Waals surface area contributed by atoms with E-state index in [-0.39, 0.29) is 5.91 Å². The number of nitrogen functional groups attached to an aromatic ring is 1. The Bertz CT molecular complexity index is 911. The third kappa shape index (κ3) is 4.65. The van der Waals surface area contributed by atoms with Gasteiger partial charge >= 0.3 is 0 Å². The van der Waals surface area contributed by atoms with Crippen LogP contribution in [0.4, 0.5) is 16.5 Å². The molecule has 7 nitrogen and oxygen atoms in total. The average Bonchev–Trinajstić information content (AvgIpc) is 3.22. The number of carbonyl (C=O) groups excluding carboxylic acids is 1. The van der Waals surface area contributed by atoms with E-state index in [9.17, 15) is 4.79 Å². The summed E-state index contributed by atoms with van der Waals surface area (Å²) in [5.74, 6) is -0.215. The van der Waals surface area contributed by atoms with E-state index in [1.807, 2.05) is 31.2 Å². The van der Waals surface area contributed by atoms with Crippen LogP contribution in [-0.2, 0) is 0 Å². The first-order valence-corrected chi connectivity index (χ1v) is 9.85. The normalized spacial score (nSPS) is 15.0. The number of nitrogens with two attached hydrogens (primary N) is 1. The molecule has 2 aromatic rings. The molecule has 1 saturated heterocycles. The van der Waals surface area contributed by atoms with Crippen LogP contribution in [0, 0.1) is 0 Å². The van der Waals surface area contributed by atoms with E-state index in [0.29, 0.717) is 16.3 Å². The fourth-order valence-electron chi connectivity index (χ4n) is 2.89. The van der Waals surface area contributed by atoms with Crippen molar-refractivity contribution in [3.63, 3.8) is 0 Å². The van der Waals surface area contributed by atoms with E-state index in [1.165, 1.54) is 11.3 Å². The first-order valence-electron chi connectivity index (χ1n) is 9.04. The number of piperazine rings is 1. The number of benzene rings is 1. The van der Waals surface area contributed by atoms with Gasteiger partial charge in [-0.2, -0.15) is 0 Å². The van der Waals surface area contributed by atoms with E-state index >= 15 is 0 Å². The second kappa shape index (κ2) is 9.29. The van der Waals surface area contributed by atoms with Gasteiger partial charge in [0.1, 0.15) is 4.88 Å². The molecule has 1 aliphatic heterocycles. The van der Waals surface area contributed by atoms with Gasteiger partial charge in [-0.15, -0.1) is 0 Å². The largest absolute Gasteiger partial charge is 0.397 e. The summed E-state index contributed by atoms with van der Waals surface area (Å²) in [5.41, 5.74) is 9.03. The zero-order chi connectivity index (χ0) is 19.9. The fraction of sp³-hybridized carbons (Fsp3) is 0.250. The number of anilines is 3. The topological polar surface area (TPSA) is 95.6 Å². The molecule has 0 unspecified atom stereocenters. The molecule has 1 aromatic heterocycles. The number of amides is 1. The van der Waals surface area contributed by atoms with E-state index in [2.05, 4.69) is 32.2 Å². The Morgan fingerprint density at radius 3 is 2.93 bits per heavy atom. The van der Waals surface area contributed by atoms with E-state index in [1.54, 1.807) is 18.5 Å². The highest BCUT2D eigenvalue weighted by Crippen LogP contribution is 2.28. The van der Waals surface area contributed by atoms with Crippen LogP contribution in [0.25, 0.3) is 5.57 Å². The number of allylic oxidation sites excluding steroid dienone is 3. The SMILES string of the molecule is C=N/C=C\C(=C/C)c1ccc(N)c(NC(=O)c2cnc(N3CCNCC3)s2)c1. The van der Waals surface area contributed by atoms with Crippen LogP contribution in [0.15, 0.2) is 47.7 Å². The molecule has 0 aliphatic carbocycles. The molecule has 0 radical (unpaired) electrons. The third-order valence-corrected chi connectivity index (χ3v) is 5.47. The number of rotatable bonds is 6. The molecular formula is C20H24N6OS. The molecular weight excluding hydrogens is 372 g/mol. The van der Waals surface area contributed by atoms with Crippen molar-refractivity contribution in [2.24, 2.45) is 4.99 Å². The van der Waals surface area contributed by atoms with E-state index < -0.39 is 0 Å². The zero-order valence-electron chi connectivity index (χ0n) is 15.8. The molecule has 4 N–H and O–H groups in total. The predicted molar refractivity (Wildman–Crippen MR) is 118 cm³/mol. The van der Waals surface area contributed by atoms with Crippen LogP contribution in [0.3, 0.4) is 0 Å². The number of nitrogens with zero attached hydrogens (tertiary/aromatic N) is 3. The van der Waals surface area contributed by atoms with Gasteiger partial charge in [-0.25, -0.2) is 4.98 Å². The third-order valence-electron chi connectivity index (χ3n) is 4.41. The van der Waals surface area contributed by atoms with Crippen molar-refractivity contribution >= 4 is 46.0 Å². The maximum absolute atomic E-state index is 12.7. The Kier molecular flexibility index (Phi) is 6.57. The van der Waals surface area contributed by atoms with Crippen LogP contribution in [0.1, 0.15) is 22.2 Å². The highest BCUT2D eigenvalue weighted by atomic mass is 32.1. The minimum Gasteiger partial charge on any atom is -0.397 e. The molecule has 0 saturated carbocycles. The summed E-state index contributed by atoms with van der Waals surface area (Å²) >= 11 is 1.39. The summed E-state index contributed by atoms with van der Waals surface area (Å²) in [6.07, 6.45) is 7.06. The van der Waals surface area contributed by atoms with Crippen LogP contribution in [-0.4, -0.2) is 43.8 Å². The summed E-state index contributed by atoms with van der Waals surface area (Å²) in [4.78, 5) is 23.6. The van der Waals surface area contributed by atoms with Crippen LogP contribution in [0.2, 0.25) is 0 Å². The van der Waals surface area contributed by atoms with Gasteiger partial charge in [-0.3, -0.25) is 9.79 Å². The van der Waals surface area contributed by atoms with Gasteiger partial charge in [0.25, 0.3) is 5.91 Å². The minimum absolute atomic E-state index is 0.215. The zero-order valence-corrected chi connectivity index (χ0v) is 16.6. The molecule has 3 rings (SSSR count). The molecule has 2 heterocycles. The molecule has 146 valence electrons. The predicted octanol–water partition coefficient (Wildman–Crippen LogP) is 3.00. The van der Waals surface area contributed by atoms with Gasteiger partial charge in [0, 0.05) is 32.4 Å². The number of hydrogen-bond acceptors (Lipinski definition) is 7. The second-order valence-corrected chi connectivity index (χ2v) is 7.25. The highest BCUT2D eigenvalue weighted by Gasteiger charge is 2.17. The van der Waals surface area contributed by atoms with Gasteiger partial charge in [-0.1, -0.05) is 23.5 Å². The second-order valence-electron chi connectivity index (χ2n) is 6.24. The first kappa shape index (κ1) is 19.8. The smallest absolute Gasteiger partial charge is 0.267 e. The van der Waals surface area contributed by atoms with Crippen molar-refractivity contribution < 1.29 is 4.79 Å². The van der Waals surface area contributed by atoms with Gasteiger partial charge < -0.3 is 21.3 Å². The van der Waals surface area contributed by atoms with Gasteiger partial charge in [0.15, 0.2) is 5.13 Å². The lowest BCUT2D eigenvalue weighted by molar-refractivity contribution is 0.103. The maximum Gasteiger partial charge on any atom is 0.267 e. The highest BCUT2D eigenvalue weighted by molar-refractivity contribution is 7.17. The van der Waals surface area contributed by atoms with Crippen molar-refractivity contribution in [3.05, 3.63) is 53.2 Å². The quantitative estimate of drug-likeness (QED) is 0.396. The molecule has 0 atom stereocenters. The molecule has 1 aromatic carbocycles. The Morgan fingerprint density at radius 1 is 1.43 bits per heavy atom. The Morgan fingerprint density at radius 2 is 2.21 bits per heavy atom. The van der Waals surface area contributed by atoms with Crippen molar-refractivity contribution in [3.8, 4) is 0 Å². The minimum atomic E-state index is -0.215. The Balaban J connectivity index is 1.76. The molecule has 28 heavy (non-hydrogen) atoms. The summed E-state index contributed by atoms with van der Waals surface area (Å²) in [6, 6.07) is 5.54. The molecule has 8 heteroatoms. The monoisotopic (exact) mass is 396 g/mol. The van der Waals surface area contributed by atoms with Crippen molar-refractivity contribution in [1.82, 2.24) is 10.3 Å². The first-order chi connectivity index (χ1) is 13.6. The number of aliphatic imine (C=N–C) groups is 1. The summed E-state index contributed by atoms with van der Waals surface area (Å²) in [7, 11) is 0.